The Bertz CT molecular complexity index is 829. The second kappa shape index (κ2) is 7.46. The Hall–Kier alpha value is -1.97. The number of phenols is 1. The number of aliphatic hydroxyl groups is 1. The van der Waals surface area contributed by atoms with Crippen LogP contribution in [0, 0.1) is 11.8 Å². The molecule has 0 aliphatic carbocycles. The van der Waals surface area contributed by atoms with Crippen LogP contribution in [0.15, 0.2) is 22.7 Å². The van der Waals surface area contributed by atoms with Gasteiger partial charge in [-0.05, 0) is 31.5 Å². The number of carboxylic acids is 1. The summed E-state index contributed by atoms with van der Waals surface area (Å²) in [6, 6.07) is 3.68. The number of phenolic OH excluding ortho intramolecular Hbond substituents is 1. The van der Waals surface area contributed by atoms with Crippen molar-refractivity contribution in [1.82, 2.24) is 10.2 Å². The summed E-state index contributed by atoms with van der Waals surface area (Å²) in [5.41, 5.74) is -1.73. The molecule has 2 fully saturated rings. The van der Waals surface area contributed by atoms with Gasteiger partial charge in [-0.15, -0.1) is 0 Å². The van der Waals surface area contributed by atoms with Crippen LogP contribution >= 0.6 is 15.9 Å². The fraction of sp³-hybridized carbons (Fsp3) is 0.526. The maximum atomic E-state index is 13.1. The van der Waals surface area contributed by atoms with E-state index in [2.05, 4.69) is 21.2 Å². The van der Waals surface area contributed by atoms with Crippen LogP contribution in [0.5, 0.6) is 5.75 Å². The summed E-state index contributed by atoms with van der Waals surface area (Å²) >= 11 is 3.31. The van der Waals surface area contributed by atoms with Crippen molar-refractivity contribution in [3.63, 3.8) is 0 Å². The number of hydrogen-bond donors (Lipinski definition) is 4. The first-order valence-electron chi connectivity index (χ1n) is 9.19. The molecule has 2 heterocycles. The topological polar surface area (TPSA) is 127 Å². The molecule has 2 amide bonds. The Morgan fingerprint density at radius 2 is 2.04 bits per heavy atom. The lowest BCUT2D eigenvalue weighted by Crippen LogP contribution is -2.62. The predicted molar refractivity (Wildman–Crippen MR) is 102 cm³/mol. The molecule has 9 heteroatoms. The lowest BCUT2D eigenvalue weighted by molar-refractivity contribution is -0.156. The second-order valence-electron chi connectivity index (χ2n) is 7.36. The number of nitrogens with zero attached hydrogens (tertiary/aromatic N) is 1. The lowest BCUT2D eigenvalue weighted by atomic mass is 9.76. The molecule has 1 aromatic carbocycles. The third-order valence-electron chi connectivity index (χ3n) is 5.76. The number of carbonyl (C=O) groups is 3. The number of carbonyl (C=O) groups excluding carboxylic acids is 2. The van der Waals surface area contributed by atoms with Gasteiger partial charge in [0.25, 0.3) is 0 Å². The minimum atomic E-state index is -2.03. The van der Waals surface area contributed by atoms with E-state index in [0.717, 1.165) is 11.3 Å². The van der Waals surface area contributed by atoms with Crippen LogP contribution < -0.4 is 5.32 Å². The van der Waals surface area contributed by atoms with Gasteiger partial charge in [-0.3, -0.25) is 24.6 Å². The molecule has 0 bridgehead atoms. The number of fused-ring (bicyclic) bond motifs is 1. The third-order valence-corrected chi connectivity index (χ3v) is 6.25. The number of aliphatic carboxylic acids is 1. The summed E-state index contributed by atoms with van der Waals surface area (Å²) in [5, 5.41) is 33.5. The van der Waals surface area contributed by atoms with Gasteiger partial charge in [0, 0.05) is 22.6 Å². The molecule has 1 aromatic rings. The summed E-state index contributed by atoms with van der Waals surface area (Å²) in [6.07, 6.45) is -0.0768. The Kier molecular flexibility index (Phi) is 5.53. The molecule has 2 aliphatic rings. The molecule has 3 rings (SSSR count). The number of aromatic hydroxyl groups is 1. The van der Waals surface area contributed by atoms with Crippen LogP contribution in [0.3, 0.4) is 0 Å². The van der Waals surface area contributed by atoms with Crippen molar-refractivity contribution in [2.45, 2.75) is 44.4 Å². The number of imide groups is 1. The van der Waals surface area contributed by atoms with Gasteiger partial charge in [-0.2, -0.15) is 0 Å². The van der Waals surface area contributed by atoms with Gasteiger partial charge in [-0.1, -0.05) is 29.3 Å². The van der Waals surface area contributed by atoms with Crippen molar-refractivity contribution in [2.75, 3.05) is 6.54 Å². The van der Waals surface area contributed by atoms with Crippen LogP contribution in [-0.2, 0) is 14.4 Å². The number of hydrogen-bond acceptors (Lipinski definition) is 6. The minimum Gasteiger partial charge on any atom is -0.508 e. The van der Waals surface area contributed by atoms with E-state index in [-0.39, 0.29) is 12.3 Å². The first-order chi connectivity index (χ1) is 13.2. The molecule has 0 radical (unpaired) electrons. The number of carboxylic acid groups (broad SMARTS) is 1. The highest BCUT2D eigenvalue weighted by Gasteiger charge is 2.70. The third kappa shape index (κ3) is 2.92. The predicted octanol–water partition coefficient (Wildman–Crippen LogP) is 1.40. The molecule has 5 unspecified atom stereocenters. The first kappa shape index (κ1) is 20.8. The van der Waals surface area contributed by atoms with Gasteiger partial charge >= 0.3 is 5.97 Å². The normalized spacial score (nSPS) is 30.6. The average Bonchev–Trinajstić information content (AvgIpc) is 3.11. The Morgan fingerprint density at radius 3 is 2.61 bits per heavy atom. The molecule has 4 N–H and O–H groups in total. The Balaban J connectivity index is 2.16. The molecule has 0 saturated carbocycles. The molecule has 0 aromatic heterocycles. The molecular formula is C19H23BrN2O6. The van der Waals surface area contributed by atoms with Crippen molar-refractivity contribution in [1.29, 1.82) is 0 Å². The van der Waals surface area contributed by atoms with E-state index in [1.165, 1.54) is 13.0 Å². The highest BCUT2D eigenvalue weighted by atomic mass is 79.9. The number of nitrogens with one attached hydrogen (secondary N) is 1. The molecule has 28 heavy (non-hydrogen) atoms. The molecule has 8 nitrogen and oxygen atoms in total. The standard InChI is InChI=1S/C19H23BrN2O6/c1-3-4-7-22-16(25)13-14(17(22)26)19(9(2)23,18(27)28)21-15(13)11-8-10(20)5-6-12(11)24/h5-6,8-9,13-15,21,23-24H,3-4,7H2,1-2H3,(H,27,28). The fourth-order valence-corrected chi connectivity index (χ4v) is 4.72. The van der Waals surface area contributed by atoms with Crippen LogP contribution in [-0.4, -0.2) is 56.2 Å². The maximum absolute atomic E-state index is 13.1. The number of benzene rings is 1. The zero-order chi connectivity index (χ0) is 20.8. The maximum Gasteiger partial charge on any atom is 0.327 e. The first-order valence-corrected chi connectivity index (χ1v) is 9.98. The van der Waals surface area contributed by atoms with E-state index in [1.807, 2.05) is 6.92 Å². The molecule has 5 atom stereocenters. The van der Waals surface area contributed by atoms with E-state index in [1.54, 1.807) is 12.1 Å². The smallest absolute Gasteiger partial charge is 0.327 e. The number of aliphatic hydroxyl groups excluding tert-OH is 1. The summed E-state index contributed by atoms with van der Waals surface area (Å²) < 4.78 is 0.628. The monoisotopic (exact) mass is 454 g/mol. The SMILES string of the molecule is CCCCN1C(=O)C2C(c3cc(Br)ccc3O)NC(C(=O)O)(C(C)O)C2C1=O. The Labute approximate surface area is 170 Å². The zero-order valence-electron chi connectivity index (χ0n) is 15.6. The Morgan fingerprint density at radius 1 is 1.36 bits per heavy atom. The lowest BCUT2D eigenvalue weighted by Gasteiger charge is -2.33. The van der Waals surface area contributed by atoms with Crippen molar-refractivity contribution in [3.8, 4) is 5.75 Å². The molecule has 2 aliphatic heterocycles. The van der Waals surface area contributed by atoms with Crippen LogP contribution in [0.1, 0.15) is 38.3 Å². The van der Waals surface area contributed by atoms with Gasteiger partial charge in [0.15, 0.2) is 5.54 Å². The van der Waals surface area contributed by atoms with Gasteiger partial charge in [0.05, 0.1) is 17.9 Å². The second-order valence-corrected chi connectivity index (χ2v) is 8.28. The average molecular weight is 455 g/mol. The van der Waals surface area contributed by atoms with E-state index in [9.17, 15) is 29.7 Å². The van der Waals surface area contributed by atoms with Gasteiger partial charge < -0.3 is 15.3 Å². The van der Waals surface area contributed by atoms with E-state index in [0.29, 0.717) is 16.5 Å². The minimum absolute atomic E-state index is 0.126. The van der Waals surface area contributed by atoms with Crippen molar-refractivity contribution >= 4 is 33.7 Å². The van der Waals surface area contributed by atoms with E-state index < -0.39 is 47.3 Å². The largest absolute Gasteiger partial charge is 0.508 e. The van der Waals surface area contributed by atoms with Crippen molar-refractivity contribution < 1.29 is 29.7 Å². The summed E-state index contributed by atoms with van der Waals surface area (Å²) in [6.45, 7) is 3.41. The highest BCUT2D eigenvalue weighted by molar-refractivity contribution is 9.10. The fourth-order valence-electron chi connectivity index (χ4n) is 4.34. The summed E-state index contributed by atoms with van der Waals surface area (Å²) in [7, 11) is 0. The molecule has 2 saturated heterocycles. The molecule has 152 valence electrons. The van der Waals surface area contributed by atoms with E-state index >= 15 is 0 Å². The number of rotatable bonds is 6. The highest BCUT2D eigenvalue weighted by Crippen LogP contribution is 2.51. The van der Waals surface area contributed by atoms with Gasteiger partial charge in [0.2, 0.25) is 11.8 Å². The van der Waals surface area contributed by atoms with Crippen LogP contribution in [0.4, 0.5) is 0 Å². The quantitative estimate of drug-likeness (QED) is 0.478. The van der Waals surface area contributed by atoms with Crippen molar-refractivity contribution in [2.24, 2.45) is 11.8 Å². The molecule has 0 spiro atoms. The zero-order valence-corrected chi connectivity index (χ0v) is 17.1. The molecular weight excluding hydrogens is 432 g/mol. The number of unbranched alkanes of at least 4 members (excludes halogenated alkanes) is 1. The summed E-state index contributed by atoms with van der Waals surface area (Å²) in [4.78, 5) is 39.5. The summed E-state index contributed by atoms with van der Waals surface area (Å²) in [5.74, 6) is -4.92. The van der Waals surface area contributed by atoms with Gasteiger partial charge in [0.1, 0.15) is 5.75 Å². The van der Waals surface area contributed by atoms with Gasteiger partial charge in [-0.25, -0.2) is 0 Å². The number of amides is 2. The number of likely N-dealkylation sites (tertiary alicyclic amines) is 1. The number of halogens is 1. The van der Waals surface area contributed by atoms with Crippen LogP contribution in [0.2, 0.25) is 0 Å². The van der Waals surface area contributed by atoms with Crippen LogP contribution in [0.25, 0.3) is 0 Å². The van der Waals surface area contributed by atoms with Crippen molar-refractivity contribution in [3.05, 3.63) is 28.2 Å². The van der Waals surface area contributed by atoms with E-state index in [4.69, 9.17) is 0 Å².